The van der Waals surface area contributed by atoms with Gasteiger partial charge in [-0.1, -0.05) is 6.07 Å². The molecule has 5 heteroatoms. The fourth-order valence-corrected chi connectivity index (χ4v) is 1.90. The number of nitriles is 1. The largest absolute Gasteiger partial charge is 0.448 e. The molecule has 1 aliphatic heterocycles. The number of anilines is 1. The zero-order valence-corrected chi connectivity index (χ0v) is 9.98. The lowest BCUT2D eigenvalue weighted by Crippen LogP contribution is -2.29. The number of nitrogens with one attached hydrogen (secondary N) is 2. The summed E-state index contributed by atoms with van der Waals surface area (Å²) in [6, 6.07) is 9.00. The standard InChI is InChI=1S/C13H15N3O2/c14-8-10-3-1-4-11(7-10)16-13(17)18-9-12-5-2-6-15-12/h1,3-4,7,12,15H,2,5-6,9H2,(H,16,17). The van der Waals surface area contributed by atoms with E-state index in [-0.39, 0.29) is 6.04 Å². The first-order valence-electron chi connectivity index (χ1n) is 5.95. The van der Waals surface area contributed by atoms with Crippen LogP contribution in [0.25, 0.3) is 0 Å². The second-order valence-electron chi connectivity index (χ2n) is 4.21. The molecule has 18 heavy (non-hydrogen) atoms. The number of carbonyl (C=O) groups excluding carboxylic acids is 1. The summed E-state index contributed by atoms with van der Waals surface area (Å²) in [5.41, 5.74) is 1.07. The van der Waals surface area contributed by atoms with Gasteiger partial charge in [-0.2, -0.15) is 5.26 Å². The molecule has 1 fully saturated rings. The Morgan fingerprint density at radius 2 is 2.50 bits per heavy atom. The topological polar surface area (TPSA) is 74.2 Å². The summed E-state index contributed by atoms with van der Waals surface area (Å²) in [5, 5.41) is 14.6. The van der Waals surface area contributed by atoms with Crippen molar-refractivity contribution in [3.63, 3.8) is 0 Å². The number of rotatable bonds is 3. The summed E-state index contributed by atoms with van der Waals surface area (Å²) in [4.78, 5) is 11.5. The zero-order chi connectivity index (χ0) is 12.8. The van der Waals surface area contributed by atoms with Gasteiger partial charge in [-0.05, 0) is 37.6 Å². The molecule has 1 amide bonds. The molecule has 1 aromatic carbocycles. The molecule has 1 atom stereocenters. The molecule has 94 valence electrons. The number of hydrogen-bond acceptors (Lipinski definition) is 4. The normalized spacial score (nSPS) is 18.1. The van der Waals surface area contributed by atoms with Crippen molar-refractivity contribution in [2.75, 3.05) is 18.5 Å². The quantitative estimate of drug-likeness (QED) is 0.852. The number of nitrogens with zero attached hydrogens (tertiary/aromatic N) is 1. The lowest BCUT2D eigenvalue weighted by Gasteiger charge is -2.11. The van der Waals surface area contributed by atoms with Gasteiger partial charge in [0.05, 0.1) is 11.6 Å². The van der Waals surface area contributed by atoms with Crippen molar-refractivity contribution in [3.05, 3.63) is 29.8 Å². The summed E-state index contributed by atoms with van der Waals surface area (Å²) in [7, 11) is 0. The highest BCUT2D eigenvalue weighted by atomic mass is 16.5. The Kier molecular flexibility index (Phi) is 4.15. The number of carbonyl (C=O) groups is 1. The van der Waals surface area contributed by atoms with Crippen LogP contribution in [0, 0.1) is 11.3 Å². The Morgan fingerprint density at radius 1 is 1.61 bits per heavy atom. The predicted molar refractivity (Wildman–Crippen MR) is 67.2 cm³/mol. The highest BCUT2D eigenvalue weighted by Gasteiger charge is 2.15. The van der Waals surface area contributed by atoms with E-state index in [0.717, 1.165) is 19.4 Å². The third kappa shape index (κ3) is 3.47. The Labute approximate surface area is 106 Å². The molecule has 2 N–H and O–H groups in total. The molecule has 0 aliphatic carbocycles. The van der Waals surface area contributed by atoms with Crippen LogP contribution < -0.4 is 10.6 Å². The highest BCUT2D eigenvalue weighted by molar-refractivity contribution is 5.84. The summed E-state index contributed by atoms with van der Waals surface area (Å²) >= 11 is 0. The molecular weight excluding hydrogens is 230 g/mol. The van der Waals surface area contributed by atoms with E-state index in [2.05, 4.69) is 10.6 Å². The van der Waals surface area contributed by atoms with E-state index in [1.165, 1.54) is 0 Å². The zero-order valence-electron chi connectivity index (χ0n) is 9.98. The van der Waals surface area contributed by atoms with E-state index in [1.807, 2.05) is 6.07 Å². The minimum absolute atomic E-state index is 0.265. The predicted octanol–water partition coefficient (Wildman–Crippen LogP) is 1.86. The van der Waals surface area contributed by atoms with Crippen LogP contribution in [0.15, 0.2) is 24.3 Å². The molecule has 1 heterocycles. The van der Waals surface area contributed by atoms with Gasteiger partial charge in [-0.3, -0.25) is 5.32 Å². The van der Waals surface area contributed by atoms with Gasteiger partial charge in [0.1, 0.15) is 6.61 Å². The van der Waals surface area contributed by atoms with E-state index in [9.17, 15) is 4.79 Å². The maximum Gasteiger partial charge on any atom is 0.411 e. The molecular formula is C13H15N3O2. The van der Waals surface area contributed by atoms with Crippen LogP contribution in [0.4, 0.5) is 10.5 Å². The molecule has 0 radical (unpaired) electrons. The molecule has 5 nitrogen and oxygen atoms in total. The van der Waals surface area contributed by atoms with Gasteiger partial charge in [0.25, 0.3) is 0 Å². The Morgan fingerprint density at radius 3 is 3.22 bits per heavy atom. The van der Waals surface area contributed by atoms with Crippen LogP contribution in [0.1, 0.15) is 18.4 Å². The van der Waals surface area contributed by atoms with Gasteiger partial charge in [-0.15, -0.1) is 0 Å². The molecule has 1 saturated heterocycles. The summed E-state index contributed by atoms with van der Waals surface area (Å²) in [6.07, 6.45) is 1.68. The average Bonchev–Trinajstić information content (AvgIpc) is 2.90. The van der Waals surface area contributed by atoms with Gasteiger partial charge in [0.15, 0.2) is 0 Å². The van der Waals surface area contributed by atoms with Crippen LogP contribution in [-0.4, -0.2) is 25.3 Å². The third-order valence-electron chi connectivity index (χ3n) is 2.82. The van der Waals surface area contributed by atoms with Crippen molar-refractivity contribution >= 4 is 11.8 Å². The monoisotopic (exact) mass is 245 g/mol. The first-order valence-corrected chi connectivity index (χ1v) is 5.95. The highest BCUT2D eigenvalue weighted by Crippen LogP contribution is 2.10. The average molecular weight is 245 g/mol. The number of amides is 1. The van der Waals surface area contributed by atoms with Gasteiger partial charge < -0.3 is 10.1 Å². The molecule has 1 aromatic rings. The second kappa shape index (κ2) is 6.03. The molecule has 0 spiro atoms. The van der Waals surface area contributed by atoms with Crippen LogP contribution in [0.3, 0.4) is 0 Å². The number of benzene rings is 1. The maximum atomic E-state index is 11.5. The summed E-state index contributed by atoms with van der Waals surface area (Å²) in [5.74, 6) is 0. The molecule has 1 unspecified atom stereocenters. The number of ether oxygens (including phenoxy) is 1. The minimum atomic E-state index is -0.487. The molecule has 0 bridgehead atoms. The van der Waals surface area contributed by atoms with Crippen molar-refractivity contribution in [2.45, 2.75) is 18.9 Å². The van der Waals surface area contributed by atoms with Crippen LogP contribution in [-0.2, 0) is 4.74 Å². The number of hydrogen-bond donors (Lipinski definition) is 2. The van der Waals surface area contributed by atoms with Gasteiger partial charge in [0, 0.05) is 11.7 Å². The fourth-order valence-electron chi connectivity index (χ4n) is 1.90. The summed E-state index contributed by atoms with van der Waals surface area (Å²) in [6.45, 7) is 1.36. The Bertz CT molecular complexity index is 462. The SMILES string of the molecule is N#Cc1cccc(NC(=O)OCC2CCCN2)c1. The van der Waals surface area contributed by atoms with Crippen LogP contribution in [0.2, 0.25) is 0 Å². The Balaban J connectivity index is 1.81. The van der Waals surface area contributed by atoms with Gasteiger partial charge >= 0.3 is 6.09 Å². The smallest absolute Gasteiger partial charge is 0.411 e. The van der Waals surface area contributed by atoms with Crippen molar-refractivity contribution in [2.24, 2.45) is 0 Å². The van der Waals surface area contributed by atoms with Crippen molar-refractivity contribution in [1.82, 2.24) is 5.32 Å². The van der Waals surface area contributed by atoms with Gasteiger partial charge in [-0.25, -0.2) is 4.79 Å². The van der Waals surface area contributed by atoms with Crippen LogP contribution >= 0.6 is 0 Å². The fraction of sp³-hybridized carbons (Fsp3) is 0.385. The molecule has 0 aromatic heterocycles. The van der Waals surface area contributed by atoms with E-state index < -0.39 is 6.09 Å². The summed E-state index contributed by atoms with van der Waals surface area (Å²) < 4.78 is 5.11. The van der Waals surface area contributed by atoms with Gasteiger partial charge in [0.2, 0.25) is 0 Å². The lowest BCUT2D eigenvalue weighted by atomic mass is 10.2. The molecule has 0 saturated carbocycles. The first-order chi connectivity index (χ1) is 8.78. The second-order valence-corrected chi connectivity index (χ2v) is 4.21. The van der Waals surface area contributed by atoms with E-state index in [1.54, 1.807) is 24.3 Å². The minimum Gasteiger partial charge on any atom is -0.448 e. The van der Waals surface area contributed by atoms with Crippen LogP contribution in [0.5, 0.6) is 0 Å². The van der Waals surface area contributed by atoms with Crippen molar-refractivity contribution in [1.29, 1.82) is 5.26 Å². The van der Waals surface area contributed by atoms with E-state index in [4.69, 9.17) is 10.00 Å². The molecule has 2 rings (SSSR count). The third-order valence-corrected chi connectivity index (χ3v) is 2.82. The van der Waals surface area contributed by atoms with Crippen molar-refractivity contribution < 1.29 is 9.53 Å². The first kappa shape index (κ1) is 12.4. The lowest BCUT2D eigenvalue weighted by molar-refractivity contribution is 0.151. The molecule has 1 aliphatic rings. The maximum absolute atomic E-state index is 11.5. The van der Waals surface area contributed by atoms with E-state index >= 15 is 0 Å². The van der Waals surface area contributed by atoms with Crippen molar-refractivity contribution in [3.8, 4) is 6.07 Å². The Hall–Kier alpha value is -2.06. The van der Waals surface area contributed by atoms with E-state index in [0.29, 0.717) is 17.9 Å².